The molecule has 3 aromatic rings. The third kappa shape index (κ3) is 5.43. The Hall–Kier alpha value is -2.17. The quantitative estimate of drug-likeness (QED) is 0.265. The molecule has 0 aliphatic heterocycles. The Morgan fingerprint density at radius 3 is 2.68 bits per heavy atom. The molecular weight excluding hydrogens is 405 g/mol. The Balaban J connectivity index is 1.76. The van der Waals surface area contributed by atoms with Crippen molar-refractivity contribution in [2.45, 2.75) is 23.4 Å². The molecule has 0 aliphatic rings. The van der Waals surface area contributed by atoms with Crippen molar-refractivity contribution in [1.29, 1.82) is 0 Å². The van der Waals surface area contributed by atoms with Gasteiger partial charge >= 0.3 is 7.60 Å². The highest BCUT2D eigenvalue weighted by molar-refractivity contribution is 7.99. The molecule has 2 aromatic heterocycles. The van der Waals surface area contributed by atoms with Gasteiger partial charge in [0.1, 0.15) is 22.6 Å². The van der Waals surface area contributed by atoms with Crippen molar-refractivity contribution in [3.8, 4) is 5.75 Å². The van der Waals surface area contributed by atoms with Crippen molar-refractivity contribution in [2.75, 3.05) is 25.3 Å². The first-order valence-corrected chi connectivity index (χ1v) is 11.0. The van der Waals surface area contributed by atoms with Gasteiger partial charge in [-0.1, -0.05) is 11.8 Å². The number of fused-ring (bicyclic) bond motifs is 1. The van der Waals surface area contributed by atoms with Crippen LogP contribution >= 0.6 is 19.4 Å². The molecule has 4 N–H and O–H groups in total. The minimum Gasteiger partial charge on any atom is -0.494 e. The van der Waals surface area contributed by atoms with Gasteiger partial charge in [0.2, 0.25) is 5.95 Å². The van der Waals surface area contributed by atoms with Gasteiger partial charge in [0.15, 0.2) is 5.65 Å². The number of rotatable bonds is 9. The zero-order valence-corrected chi connectivity index (χ0v) is 16.8. The van der Waals surface area contributed by atoms with Gasteiger partial charge in [-0.3, -0.25) is 4.57 Å². The van der Waals surface area contributed by atoms with Gasteiger partial charge in [0, 0.05) is 11.4 Å². The topological polar surface area (TPSA) is 146 Å². The van der Waals surface area contributed by atoms with Gasteiger partial charge < -0.3 is 29.6 Å². The molecule has 1 aromatic carbocycles. The minimum absolute atomic E-state index is 0.0991. The van der Waals surface area contributed by atoms with E-state index in [4.69, 9.17) is 25.0 Å². The number of nitrogens with two attached hydrogens (primary N) is 1. The van der Waals surface area contributed by atoms with Crippen LogP contribution in [0.2, 0.25) is 0 Å². The molecule has 0 bridgehead atoms. The van der Waals surface area contributed by atoms with Gasteiger partial charge in [-0.05, 0) is 31.2 Å². The fourth-order valence-corrected chi connectivity index (χ4v) is 3.64. The van der Waals surface area contributed by atoms with Gasteiger partial charge in [-0.2, -0.15) is 4.98 Å². The largest absolute Gasteiger partial charge is 0.494 e. The maximum atomic E-state index is 10.8. The Morgan fingerprint density at radius 1 is 1.25 bits per heavy atom. The molecular formula is C16H20N5O5PS. The smallest absolute Gasteiger partial charge is 0.350 e. The number of anilines is 1. The lowest BCUT2D eigenvalue weighted by Crippen LogP contribution is -2.07. The number of ether oxygens (including phenoxy) is 2. The standard InChI is InChI=1S/C16H20N5O5PS/c1-2-26-11-3-5-12(6-4-11)28-15-13-14(19-16(17)20-15)21(9-18-13)7-8-25-10-27(22,23)24/h3-6,9H,2,7-8,10H2,1H3,(H2,17,19,20)(H2,22,23,24). The van der Waals surface area contributed by atoms with Crippen molar-refractivity contribution in [2.24, 2.45) is 0 Å². The molecule has 0 radical (unpaired) electrons. The Morgan fingerprint density at radius 2 is 2.00 bits per heavy atom. The van der Waals surface area contributed by atoms with E-state index >= 15 is 0 Å². The fourth-order valence-electron chi connectivity index (χ4n) is 2.40. The summed E-state index contributed by atoms with van der Waals surface area (Å²) in [6, 6.07) is 7.61. The monoisotopic (exact) mass is 425 g/mol. The lowest BCUT2D eigenvalue weighted by atomic mass is 10.3. The van der Waals surface area contributed by atoms with Crippen LogP contribution in [0.1, 0.15) is 6.92 Å². The summed E-state index contributed by atoms with van der Waals surface area (Å²) in [5.74, 6) is 0.901. The van der Waals surface area contributed by atoms with E-state index < -0.39 is 13.9 Å². The summed E-state index contributed by atoms with van der Waals surface area (Å²) in [5, 5.41) is 0.613. The van der Waals surface area contributed by atoms with E-state index in [1.54, 1.807) is 10.9 Å². The summed E-state index contributed by atoms with van der Waals surface area (Å²) in [4.78, 5) is 31.5. The molecule has 2 heterocycles. The number of nitrogen functional groups attached to an aromatic ring is 1. The number of benzene rings is 1. The molecule has 0 spiro atoms. The number of hydrogen-bond donors (Lipinski definition) is 3. The second kappa shape index (κ2) is 8.89. The molecule has 3 rings (SSSR count). The molecule has 0 aliphatic carbocycles. The second-order valence-electron chi connectivity index (χ2n) is 5.71. The van der Waals surface area contributed by atoms with E-state index in [-0.39, 0.29) is 12.6 Å². The fraction of sp³-hybridized carbons (Fsp3) is 0.312. The number of nitrogens with zero attached hydrogens (tertiary/aromatic N) is 4. The summed E-state index contributed by atoms with van der Waals surface area (Å²) in [6.45, 7) is 2.95. The summed E-state index contributed by atoms with van der Waals surface area (Å²) in [5.41, 5.74) is 6.97. The van der Waals surface area contributed by atoms with Crippen molar-refractivity contribution in [3.63, 3.8) is 0 Å². The summed E-state index contributed by atoms with van der Waals surface area (Å²) >= 11 is 1.41. The maximum absolute atomic E-state index is 10.8. The van der Waals surface area contributed by atoms with Crippen LogP contribution in [0.25, 0.3) is 11.2 Å². The minimum atomic E-state index is -4.19. The van der Waals surface area contributed by atoms with Crippen LogP contribution in [-0.4, -0.2) is 48.9 Å². The maximum Gasteiger partial charge on any atom is 0.350 e. The van der Waals surface area contributed by atoms with Crippen LogP contribution in [0.3, 0.4) is 0 Å². The summed E-state index contributed by atoms with van der Waals surface area (Å²) < 4.78 is 23.0. The highest BCUT2D eigenvalue weighted by atomic mass is 32.2. The first-order chi connectivity index (χ1) is 13.4. The normalized spacial score (nSPS) is 11.8. The Bertz CT molecular complexity index is 991. The van der Waals surface area contributed by atoms with Gasteiger partial charge in [-0.15, -0.1) is 0 Å². The average molecular weight is 425 g/mol. The Kier molecular flexibility index (Phi) is 6.53. The van der Waals surface area contributed by atoms with Crippen LogP contribution in [-0.2, 0) is 15.8 Å². The second-order valence-corrected chi connectivity index (χ2v) is 8.36. The van der Waals surface area contributed by atoms with Crippen LogP contribution in [0.5, 0.6) is 5.75 Å². The van der Waals surface area contributed by atoms with Crippen molar-refractivity contribution in [3.05, 3.63) is 30.6 Å². The van der Waals surface area contributed by atoms with Crippen LogP contribution in [0.4, 0.5) is 5.95 Å². The van der Waals surface area contributed by atoms with Gasteiger partial charge in [-0.25, -0.2) is 9.97 Å². The highest BCUT2D eigenvalue weighted by Gasteiger charge is 2.15. The zero-order valence-electron chi connectivity index (χ0n) is 15.1. The third-order valence-corrected chi connectivity index (χ3v) is 5.04. The molecule has 0 atom stereocenters. The molecule has 0 unspecified atom stereocenters. The molecule has 150 valence electrons. The number of hydrogen-bond acceptors (Lipinski definition) is 8. The van der Waals surface area contributed by atoms with E-state index in [2.05, 4.69) is 15.0 Å². The van der Waals surface area contributed by atoms with Crippen molar-refractivity contribution in [1.82, 2.24) is 19.5 Å². The number of aromatic nitrogens is 4. The molecule has 0 fully saturated rings. The van der Waals surface area contributed by atoms with Gasteiger partial charge in [0.25, 0.3) is 0 Å². The van der Waals surface area contributed by atoms with Crippen LogP contribution < -0.4 is 10.5 Å². The molecule has 28 heavy (non-hydrogen) atoms. The van der Waals surface area contributed by atoms with E-state index in [9.17, 15) is 4.57 Å². The molecule has 10 nitrogen and oxygen atoms in total. The third-order valence-electron chi connectivity index (χ3n) is 3.53. The predicted molar refractivity (Wildman–Crippen MR) is 104 cm³/mol. The predicted octanol–water partition coefficient (Wildman–Crippen LogP) is 2.11. The summed E-state index contributed by atoms with van der Waals surface area (Å²) in [7, 11) is -4.19. The Labute approximate surface area is 165 Å². The first-order valence-electron chi connectivity index (χ1n) is 8.37. The summed E-state index contributed by atoms with van der Waals surface area (Å²) in [6.07, 6.45) is 0.942. The molecule has 0 saturated carbocycles. The zero-order chi connectivity index (χ0) is 20.1. The molecule has 12 heteroatoms. The van der Waals surface area contributed by atoms with Crippen molar-refractivity contribution < 1.29 is 23.8 Å². The van der Waals surface area contributed by atoms with E-state index in [0.29, 0.717) is 29.3 Å². The molecule has 0 saturated heterocycles. The SMILES string of the molecule is CCOc1ccc(Sc2nc(N)nc3c2ncn3CCOCP(=O)(O)O)cc1. The van der Waals surface area contributed by atoms with E-state index in [1.165, 1.54) is 11.8 Å². The number of imidazole rings is 1. The van der Waals surface area contributed by atoms with Gasteiger partial charge in [0.05, 0.1) is 19.5 Å². The van der Waals surface area contributed by atoms with Crippen LogP contribution in [0, 0.1) is 0 Å². The van der Waals surface area contributed by atoms with E-state index in [1.807, 2.05) is 31.2 Å². The lowest BCUT2D eigenvalue weighted by molar-refractivity contribution is 0.149. The van der Waals surface area contributed by atoms with E-state index in [0.717, 1.165) is 10.6 Å². The van der Waals surface area contributed by atoms with Crippen molar-refractivity contribution >= 4 is 36.5 Å². The van der Waals surface area contributed by atoms with Crippen LogP contribution in [0.15, 0.2) is 40.5 Å². The average Bonchev–Trinajstić information content (AvgIpc) is 3.03. The first kappa shape index (κ1) is 20.6. The lowest BCUT2D eigenvalue weighted by Gasteiger charge is -2.08. The molecule has 0 amide bonds. The highest BCUT2D eigenvalue weighted by Crippen LogP contribution is 2.34.